The maximum atomic E-state index is 14.3. The Morgan fingerprint density at radius 3 is 2.44 bits per heavy atom. The lowest BCUT2D eigenvalue weighted by molar-refractivity contribution is -0.000813. The van der Waals surface area contributed by atoms with E-state index in [2.05, 4.69) is 17.4 Å². The topological polar surface area (TPSA) is 138 Å². The lowest BCUT2D eigenvalue weighted by Gasteiger charge is -2.38. The molecule has 1 N–H and O–H groups in total. The van der Waals surface area contributed by atoms with Crippen LogP contribution >= 0.6 is 0 Å². The maximum Gasteiger partial charge on any atom is 0.511 e. The van der Waals surface area contributed by atoms with Gasteiger partial charge in [-0.1, -0.05) is 63.1 Å². The molecule has 1 aromatic heterocycles. The van der Waals surface area contributed by atoms with Crippen molar-refractivity contribution in [2.24, 2.45) is 5.16 Å². The van der Waals surface area contributed by atoms with Gasteiger partial charge in [-0.3, -0.25) is 14.4 Å². The van der Waals surface area contributed by atoms with Crippen LogP contribution in [0.15, 0.2) is 34.3 Å². The van der Waals surface area contributed by atoms with Gasteiger partial charge < -0.3 is 33.8 Å². The van der Waals surface area contributed by atoms with Crippen LogP contribution in [0.4, 0.5) is 13.6 Å². The molecular weight excluding hydrogens is 654 g/mol. The number of hydrogen-bond donors (Lipinski definition) is 1. The molecule has 3 atom stereocenters. The molecule has 2 aliphatic heterocycles. The van der Waals surface area contributed by atoms with Crippen LogP contribution < -0.4 is 15.5 Å². The van der Waals surface area contributed by atoms with E-state index in [1.165, 1.54) is 42.5 Å². The summed E-state index contributed by atoms with van der Waals surface area (Å²) >= 11 is 0. The van der Waals surface area contributed by atoms with Crippen molar-refractivity contribution >= 4 is 23.7 Å². The zero-order valence-corrected chi connectivity index (χ0v) is 29.3. The van der Waals surface area contributed by atoms with Gasteiger partial charge in [0.15, 0.2) is 5.69 Å². The molecule has 2 amide bonds. The van der Waals surface area contributed by atoms with E-state index >= 15 is 0 Å². The molecule has 1 saturated heterocycles. The Morgan fingerprint density at radius 1 is 1.02 bits per heavy atom. The number of amides is 2. The number of carbonyl (C=O) groups is 3. The maximum absolute atomic E-state index is 14.3. The first-order valence-corrected chi connectivity index (χ1v) is 17.4. The molecular formula is C36H50F2N4O8. The third-order valence-electron chi connectivity index (χ3n) is 8.89. The van der Waals surface area contributed by atoms with Gasteiger partial charge in [0.1, 0.15) is 23.3 Å². The molecule has 14 heteroatoms. The highest BCUT2D eigenvalue weighted by Gasteiger charge is 2.44. The van der Waals surface area contributed by atoms with E-state index in [9.17, 15) is 28.0 Å². The summed E-state index contributed by atoms with van der Waals surface area (Å²) in [4.78, 5) is 61.0. The van der Waals surface area contributed by atoms with Gasteiger partial charge >= 0.3 is 6.16 Å². The number of ether oxygens (including phenoxy) is 3. The SMILES string of the molecule is CCCCCCCCCCOC(=O)OCOc1c2n(cc(C(=O)NCc3ccc(F)cc3F)c1=O)[C@@H]1CN(C2=O)[C@@H](C)CC[C@H]1ON=C(C)C.[HH]. The molecule has 4 rings (SSSR count). The van der Waals surface area contributed by atoms with Crippen LogP contribution in [0.1, 0.15) is 126 Å². The predicted octanol–water partition coefficient (Wildman–Crippen LogP) is 6.89. The lowest BCUT2D eigenvalue weighted by Crippen LogP contribution is -2.49. The molecule has 276 valence electrons. The van der Waals surface area contributed by atoms with E-state index in [1.54, 1.807) is 18.7 Å². The molecule has 1 aromatic carbocycles. The summed E-state index contributed by atoms with van der Waals surface area (Å²) in [6, 6.07) is 2.14. The number of carbonyl (C=O) groups excluding carboxylic acids is 3. The molecule has 3 heterocycles. The van der Waals surface area contributed by atoms with Crippen molar-refractivity contribution in [3.05, 3.63) is 63.1 Å². The average Bonchev–Trinajstić information content (AvgIpc) is 3.22. The zero-order chi connectivity index (χ0) is 36.2. The number of rotatable bonds is 17. The highest BCUT2D eigenvalue weighted by molar-refractivity contribution is 5.99. The largest absolute Gasteiger partial charge is 0.511 e. The van der Waals surface area contributed by atoms with Crippen LogP contribution in [0.5, 0.6) is 5.75 Å². The van der Waals surface area contributed by atoms with Crippen LogP contribution in [0.3, 0.4) is 0 Å². The van der Waals surface area contributed by atoms with Crippen LogP contribution in [0.25, 0.3) is 0 Å². The first-order valence-electron chi connectivity index (χ1n) is 17.4. The van der Waals surface area contributed by atoms with E-state index < -0.39 is 65.3 Å². The fourth-order valence-corrected chi connectivity index (χ4v) is 6.11. The second-order valence-electron chi connectivity index (χ2n) is 13.0. The summed E-state index contributed by atoms with van der Waals surface area (Å²) < 4.78 is 45.1. The number of nitrogens with one attached hydrogen (secondary N) is 1. The fourth-order valence-electron chi connectivity index (χ4n) is 6.11. The third-order valence-corrected chi connectivity index (χ3v) is 8.89. The first-order chi connectivity index (χ1) is 24.0. The molecule has 0 unspecified atom stereocenters. The molecule has 1 fully saturated rings. The van der Waals surface area contributed by atoms with Crippen molar-refractivity contribution in [1.29, 1.82) is 0 Å². The number of unbranched alkanes of at least 4 members (excludes halogenated alkanes) is 7. The summed E-state index contributed by atoms with van der Waals surface area (Å²) in [5.41, 5.74) is -0.809. The summed E-state index contributed by atoms with van der Waals surface area (Å²) in [6.45, 7) is 6.87. The number of halogens is 2. The Bertz CT molecular complexity index is 1600. The number of fused-ring (bicyclic) bond motifs is 4. The summed E-state index contributed by atoms with van der Waals surface area (Å²) in [5.74, 6) is -3.53. The number of hydrogen-bond acceptors (Lipinski definition) is 9. The number of pyridine rings is 1. The molecule has 0 spiro atoms. The van der Waals surface area contributed by atoms with E-state index in [1.807, 2.05) is 6.92 Å². The van der Waals surface area contributed by atoms with E-state index in [-0.39, 0.29) is 38.4 Å². The van der Waals surface area contributed by atoms with Crippen LogP contribution in [-0.2, 0) is 20.9 Å². The van der Waals surface area contributed by atoms with Gasteiger partial charge in [0.25, 0.3) is 11.8 Å². The molecule has 2 bridgehead atoms. The molecule has 2 aromatic rings. The van der Waals surface area contributed by atoms with Gasteiger partial charge in [0, 0.05) is 38.4 Å². The van der Waals surface area contributed by atoms with Crippen molar-refractivity contribution < 1.29 is 43.6 Å². The minimum absolute atomic E-state index is 0. The number of benzene rings is 1. The van der Waals surface area contributed by atoms with E-state index in [0.717, 1.165) is 25.3 Å². The first kappa shape index (κ1) is 38.3. The van der Waals surface area contributed by atoms with Crippen LogP contribution in [0.2, 0.25) is 0 Å². The molecule has 0 aliphatic carbocycles. The fraction of sp³-hybridized carbons (Fsp3) is 0.583. The van der Waals surface area contributed by atoms with Crippen molar-refractivity contribution in [2.45, 2.75) is 117 Å². The number of aromatic nitrogens is 1. The van der Waals surface area contributed by atoms with E-state index in [4.69, 9.17) is 19.0 Å². The average molecular weight is 705 g/mol. The molecule has 2 aliphatic rings. The van der Waals surface area contributed by atoms with Gasteiger partial charge in [-0.2, -0.15) is 0 Å². The Hall–Kier alpha value is -4.49. The number of oxime groups is 1. The van der Waals surface area contributed by atoms with Crippen LogP contribution in [0, 0.1) is 11.6 Å². The van der Waals surface area contributed by atoms with Gasteiger partial charge in [-0.25, -0.2) is 13.6 Å². The van der Waals surface area contributed by atoms with Crippen LogP contribution in [-0.4, -0.2) is 65.2 Å². The minimum atomic E-state index is -1.00. The number of nitrogens with zero attached hydrogens (tertiary/aromatic N) is 3. The standard InChI is InChI=1S/C36H48F2N4O8.H2/c1-5-6-7-8-9-10-11-12-17-47-36(46)49-22-48-33-31-35(45)41-21-29(30(16-13-24(41)4)50-40-23(2)3)42(31)20-27(32(33)43)34(44)39-19-25-14-15-26(37)18-28(25)38;/h14-15,18,20,24,29-30H,5-13,16-17,19,21-22H2,1-4H3,(H,39,44);1H/t24-,29+,30+;/m0./s1. The monoisotopic (exact) mass is 704 g/mol. The normalized spacial score (nSPS) is 18.1. The summed E-state index contributed by atoms with van der Waals surface area (Å²) in [7, 11) is 0. The van der Waals surface area contributed by atoms with Crippen molar-refractivity contribution in [2.75, 3.05) is 19.9 Å². The van der Waals surface area contributed by atoms with Crippen molar-refractivity contribution in [3.8, 4) is 5.75 Å². The minimum Gasteiger partial charge on any atom is -0.451 e. The Kier molecular flexibility index (Phi) is 14.2. The zero-order valence-electron chi connectivity index (χ0n) is 29.3. The van der Waals surface area contributed by atoms with E-state index in [0.29, 0.717) is 31.0 Å². The molecule has 12 nitrogen and oxygen atoms in total. The highest BCUT2D eigenvalue weighted by atomic mass is 19.1. The van der Waals surface area contributed by atoms with Gasteiger partial charge in [-0.05, 0) is 46.1 Å². The smallest absolute Gasteiger partial charge is 0.451 e. The van der Waals surface area contributed by atoms with Crippen molar-refractivity contribution in [3.63, 3.8) is 0 Å². The second-order valence-corrected chi connectivity index (χ2v) is 13.0. The summed E-state index contributed by atoms with van der Waals surface area (Å²) in [5, 5.41) is 6.64. The highest BCUT2D eigenvalue weighted by Crippen LogP contribution is 2.36. The molecule has 0 radical (unpaired) electrons. The quantitative estimate of drug-likeness (QED) is 0.0618. The Balaban J connectivity index is 0.00000702. The predicted molar refractivity (Wildman–Crippen MR) is 183 cm³/mol. The third kappa shape index (κ3) is 10.0. The molecule has 50 heavy (non-hydrogen) atoms. The van der Waals surface area contributed by atoms with Gasteiger partial charge in [0.2, 0.25) is 18.0 Å². The van der Waals surface area contributed by atoms with Gasteiger partial charge in [0.05, 0.1) is 18.4 Å². The summed E-state index contributed by atoms with van der Waals surface area (Å²) in [6.07, 6.45) is 9.42. The lowest BCUT2D eigenvalue weighted by atomic mass is 10.0. The molecule has 0 saturated carbocycles. The van der Waals surface area contributed by atoms with Gasteiger partial charge in [-0.15, -0.1) is 0 Å². The van der Waals surface area contributed by atoms with Crippen molar-refractivity contribution in [1.82, 2.24) is 14.8 Å². The second kappa shape index (κ2) is 18.5. The Morgan fingerprint density at radius 2 is 1.74 bits per heavy atom. The Labute approximate surface area is 292 Å².